The summed E-state index contributed by atoms with van der Waals surface area (Å²) < 4.78 is 34.2. The summed E-state index contributed by atoms with van der Waals surface area (Å²) in [6.07, 6.45) is 30.0. The molecule has 66 heavy (non-hydrogen) atoms. The van der Waals surface area contributed by atoms with E-state index in [0.29, 0.717) is 13.0 Å². The summed E-state index contributed by atoms with van der Waals surface area (Å²) in [5.74, 6) is -0.398. The lowest BCUT2D eigenvalue weighted by atomic mass is 9.98. The lowest BCUT2D eigenvalue weighted by Gasteiger charge is -2.42. The first-order chi connectivity index (χ1) is 32.1. The normalized spacial score (nSPS) is 26.8. The number of hydrogen-bond acceptors (Lipinski definition) is 14. The molecule has 2 aliphatic heterocycles. The summed E-state index contributed by atoms with van der Waals surface area (Å²) in [6.45, 7) is 3.47. The van der Waals surface area contributed by atoms with E-state index >= 15 is 0 Å². The number of carbonyl (C=O) groups excluding carboxylic acids is 1. The molecular weight excluding hydrogens is 849 g/mol. The van der Waals surface area contributed by atoms with Crippen LogP contribution in [0, 0.1) is 0 Å². The maximum absolute atomic E-state index is 13.0. The second-order valence-electron chi connectivity index (χ2n) is 17.6. The summed E-state index contributed by atoms with van der Waals surface area (Å²) in [7, 11) is 0. The lowest BCUT2D eigenvalue weighted by molar-refractivity contribution is -0.332. The van der Waals surface area contributed by atoms with E-state index in [0.717, 1.165) is 89.9 Å². The molecule has 2 aliphatic rings. The number of allylic oxidation sites excluding steroid dienone is 10. The lowest BCUT2D eigenvalue weighted by Crippen LogP contribution is -2.61. The SMILES string of the molecule is CC/C=C\C/C=C\C/C=C\C/C=C\CCCCCOCC(COC1OC(COC2OC(CO)C(O)C(O)C2O)C(O)C(O)C1O)OC(=O)CCCCCCC/C=C\CCCCCCCCC. The Morgan fingerprint density at radius 3 is 1.56 bits per heavy atom. The minimum atomic E-state index is -1.72. The van der Waals surface area contributed by atoms with Gasteiger partial charge >= 0.3 is 5.97 Å². The van der Waals surface area contributed by atoms with Gasteiger partial charge in [-0.1, -0.05) is 139 Å². The van der Waals surface area contributed by atoms with E-state index in [1.807, 2.05) is 0 Å². The zero-order chi connectivity index (χ0) is 48.0. The van der Waals surface area contributed by atoms with Crippen LogP contribution in [-0.4, -0.2) is 142 Å². The van der Waals surface area contributed by atoms with Gasteiger partial charge < -0.3 is 64.2 Å². The fourth-order valence-corrected chi connectivity index (χ4v) is 7.62. The number of unbranched alkanes of at least 4 members (excludes halogenated alkanes) is 15. The van der Waals surface area contributed by atoms with Gasteiger partial charge in [0.05, 0.1) is 26.4 Å². The van der Waals surface area contributed by atoms with Gasteiger partial charge in [0.1, 0.15) is 54.9 Å². The molecule has 0 radical (unpaired) electrons. The molecule has 2 saturated heterocycles. The molecule has 0 aromatic rings. The molecule has 0 spiro atoms. The molecular formula is C52H90O14. The predicted molar refractivity (Wildman–Crippen MR) is 256 cm³/mol. The smallest absolute Gasteiger partial charge is 0.306 e. The molecule has 2 heterocycles. The average Bonchev–Trinajstić information content (AvgIpc) is 3.31. The van der Waals surface area contributed by atoms with Crippen LogP contribution in [-0.2, 0) is 33.2 Å². The highest BCUT2D eigenvalue weighted by molar-refractivity contribution is 5.69. The Hall–Kier alpha value is -2.31. The molecule has 382 valence electrons. The van der Waals surface area contributed by atoms with Crippen LogP contribution in [0.15, 0.2) is 60.8 Å². The average molecular weight is 939 g/mol. The molecule has 2 fully saturated rings. The van der Waals surface area contributed by atoms with Crippen LogP contribution >= 0.6 is 0 Å². The van der Waals surface area contributed by atoms with Crippen LogP contribution in [0.2, 0.25) is 0 Å². The molecule has 11 atom stereocenters. The Bertz CT molecular complexity index is 1320. The number of aliphatic hydroxyl groups is 7. The molecule has 14 nitrogen and oxygen atoms in total. The van der Waals surface area contributed by atoms with Gasteiger partial charge in [-0.2, -0.15) is 0 Å². The molecule has 11 unspecified atom stereocenters. The molecule has 0 saturated carbocycles. The maximum atomic E-state index is 13.0. The van der Waals surface area contributed by atoms with Crippen LogP contribution < -0.4 is 0 Å². The fraction of sp³-hybridized carbons (Fsp3) is 0.788. The number of aliphatic hydroxyl groups excluding tert-OH is 7. The molecule has 14 heteroatoms. The Labute approximate surface area is 396 Å². The summed E-state index contributed by atoms with van der Waals surface area (Å²) in [4.78, 5) is 13.0. The van der Waals surface area contributed by atoms with Gasteiger partial charge in [-0.15, -0.1) is 0 Å². The van der Waals surface area contributed by atoms with Crippen molar-refractivity contribution in [1.29, 1.82) is 0 Å². The van der Waals surface area contributed by atoms with Crippen molar-refractivity contribution >= 4 is 5.97 Å². The summed E-state index contributed by atoms with van der Waals surface area (Å²) in [5, 5.41) is 72.1. The predicted octanol–water partition coefficient (Wildman–Crippen LogP) is 7.35. The highest BCUT2D eigenvalue weighted by atomic mass is 16.7. The van der Waals surface area contributed by atoms with E-state index in [1.54, 1.807) is 0 Å². The zero-order valence-corrected chi connectivity index (χ0v) is 40.4. The number of ether oxygens (including phenoxy) is 6. The Balaban J connectivity index is 1.80. The number of hydrogen-bond donors (Lipinski definition) is 7. The highest BCUT2D eigenvalue weighted by Crippen LogP contribution is 2.26. The van der Waals surface area contributed by atoms with Gasteiger partial charge in [-0.3, -0.25) is 4.79 Å². The maximum Gasteiger partial charge on any atom is 0.306 e. The van der Waals surface area contributed by atoms with Gasteiger partial charge in [0.15, 0.2) is 12.6 Å². The summed E-state index contributed by atoms with van der Waals surface area (Å²) in [6, 6.07) is 0. The van der Waals surface area contributed by atoms with E-state index in [2.05, 4.69) is 74.6 Å². The van der Waals surface area contributed by atoms with Crippen LogP contribution in [0.5, 0.6) is 0 Å². The summed E-state index contributed by atoms with van der Waals surface area (Å²) in [5.41, 5.74) is 0. The third-order valence-corrected chi connectivity index (χ3v) is 11.8. The van der Waals surface area contributed by atoms with E-state index in [4.69, 9.17) is 28.4 Å². The molecule has 2 rings (SSSR count). The number of carbonyl (C=O) groups is 1. The van der Waals surface area contributed by atoms with Crippen molar-refractivity contribution in [1.82, 2.24) is 0 Å². The van der Waals surface area contributed by atoms with Crippen molar-refractivity contribution in [3.05, 3.63) is 60.8 Å². The van der Waals surface area contributed by atoms with Gasteiger partial charge in [0, 0.05) is 13.0 Å². The molecule has 7 N–H and O–H groups in total. The van der Waals surface area contributed by atoms with Crippen molar-refractivity contribution in [2.24, 2.45) is 0 Å². The first-order valence-electron chi connectivity index (χ1n) is 25.4. The van der Waals surface area contributed by atoms with Crippen molar-refractivity contribution < 1.29 is 69.0 Å². The Morgan fingerprint density at radius 2 is 0.985 bits per heavy atom. The van der Waals surface area contributed by atoms with E-state index in [9.17, 15) is 40.5 Å². The van der Waals surface area contributed by atoms with Crippen LogP contribution in [0.1, 0.15) is 162 Å². The van der Waals surface area contributed by atoms with E-state index in [-0.39, 0.29) is 19.6 Å². The third kappa shape index (κ3) is 27.0. The van der Waals surface area contributed by atoms with E-state index in [1.165, 1.54) is 44.9 Å². The standard InChI is InChI=1S/C52H90O14/c1-3-5-7-9-11-13-15-17-19-21-23-25-27-29-31-33-35-44(54)64-41(38-61-36-34-32-30-28-26-24-22-20-18-16-14-12-10-8-6-4-2)39-62-51-50(60)48(58)46(56)43(66-51)40-63-52-49(59)47(57)45(55)42(37-53)65-52/h6,8,12,14,18-21,24,26,41-43,45-53,55-60H,3-5,7,9-11,13,15-17,22-23,25,27-40H2,1-2H3/b8-6-,14-12-,20-18-,21-19-,26-24-. The molecule has 0 aromatic heterocycles. The fourth-order valence-electron chi connectivity index (χ4n) is 7.62. The van der Waals surface area contributed by atoms with Crippen molar-refractivity contribution in [3.63, 3.8) is 0 Å². The van der Waals surface area contributed by atoms with Gasteiger partial charge in [-0.05, 0) is 77.0 Å². The molecule has 0 aliphatic carbocycles. The Kier molecular flexibility index (Phi) is 35.8. The molecule has 0 amide bonds. The topological polar surface area (TPSA) is 214 Å². The monoisotopic (exact) mass is 939 g/mol. The second-order valence-corrected chi connectivity index (χ2v) is 17.6. The quantitative estimate of drug-likeness (QED) is 0.0183. The van der Waals surface area contributed by atoms with Crippen molar-refractivity contribution in [3.8, 4) is 0 Å². The first kappa shape index (κ1) is 59.8. The van der Waals surface area contributed by atoms with Crippen LogP contribution in [0.4, 0.5) is 0 Å². The highest BCUT2D eigenvalue weighted by Gasteiger charge is 2.47. The van der Waals surface area contributed by atoms with Gasteiger partial charge in [-0.25, -0.2) is 0 Å². The first-order valence-corrected chi connectivity index (χ1v) is 25.4. The number of rotatable bonds is 39. The summed E-state index contributed by atoms with van der Waals surface area (Å²) >= 11 is 0. The zero-order valence-electron chi connectivity index (χ0n) is 40.4. The largest absolute Gasteiger partial charge is 0.457 e. The molecule has 0 aromatic carbocycles. The van der Waals surface area contributed by atoms with Crippen LogP contribution in [0.25, 0.3) is 0 Å². The minimum absolute atomic E-state index is 0.0344. The van der Waals surface area contributed by atoms with Gasteiger partial charge in [0.25, 0.3) is 0 Å². The van der Waals surface area contributed by atoms with E-state index < -0.39 is 86.7 Å². The van der Waals surface area contributed by atoms with Crippen LogP contribution in [0.3, 0.4) is 0 Å². The minimum Gasteiger partial charge on any atom is -0.457 e. The second kappa shape index (κ2) is 39.5. The van der Waals surface area contributed by atoms with Crippen molar-refractivity contribution in [2.75, 3.05) is 33.0 Å². The van der Waals surface area contributed by atoms with Crippen molar-refractivity contribution in [2.45, 2.75) is 229 Å². The Morgan fingerprint density at radius 1 is 0.515 bits per heavy atom. The number of esters is 1. The third-order valence-electron chi connectivity index (χ3n) is 11.8. The molecule has 0 bridgehead atoms. The van der Waals surface area contributed by atoms with Gasteiger partial charge in [0.2, 0.25) is 0 Å².